The zero-order valence-electron chi connectivity index (χ0n) is 19.5. The highest BCUT2D eigenvalue weighted by molar-refractivity contribution is 7.87. The summed E-state index contributed by atoms with van der Waals surface area (Å²) in [6.45, 7) is -0.257. The summed E-state index contributed by atoms with van der Waals surface area (Å²) < 4.78 is 52.6. The molecule has 0 spiro atoms. The lowest BCUT2D eigenvalue weighted by molar-refractivity contribution is 0.178. The van der Waals surface area contributed by atoms with Crippen molar-refractivity contribution in [2.75, 3.05) is 13.2 Å². The number of phosphoric acid groups is 1. The molecule has 0 saturated carbocycles. The molecule has 3 aromatic rings. The van der Waals surface area contributed by atoms with Gasteiger partial charge in [0.2, 0.25) is 11.8 Å². The van der Waals surface area contributed by atoms with Crippen molar-refractivity contribution >= 4 is 18.0 Å². The smallest absolute Gasteiger partial charge is 0.423 e. The summed E-state index contributed by atoms with van der Waals surface area (Å²) in [7, 11) is -8.88. The molecule has 3 N–H and O–H groups in total. The van der Waals surface area contributed by atoms with Gasteiger partial charge in [-0.1, -0.05) is 67.1 Å². The van der Waals surface area contributed by atoms with Gasteiger partial charge < -0.3 is 14.2 Å². The summed E-state index contributed by atoms with van der Waals surface area (Å²) in [5.74, 6) is 0.612. The van der Waals surface area contributed by atoms with E-state index < -0.39 is 36.7 Å². The molecular weight excluding hydrogens is 507 g/mol. The molecule has 11 nitrogen and oxygen atoms in total. The van der Waals surface area contributed by atoms with Crippen molar-refractivity contribution in [1.82, 2.24) is 19.2 Å². The minimum atomic E-state index is -4.79. The Kier molecular flexibility index (Phi) is 8.68. The van der Waals surface area contributed by atoms with Crippen molar-refractivity contribution in [3.05, 3.63) is 83.6 Å². The van der Waals surface area contributed by atoms with E-state index in [2.05, 4.69) is 19.4 Å². The first kappa shape index (κ1) is 26.6. The number of rotatable bonds is 11. The number of hydrogen-bond donors (Lipinski definition) is 3. The Hall–Kier alpha value is -2.44. The molecular formula is C23H29N4O7PS. The topological polar surface area (TPSA) is 155 Å². The fraction of sp³-hybridized carbons (Fsp3) is 0.391. The molecule has 0 bridgehead atoms. The van der Waals surface area contributed by atoms with Gasteiger partial charge in [0.05, 0.1) is 19.1 Å². The maximum Gasteiger partial charge on any atom is 0.469 e. The van der Waals surface area contributed by atoms with E-state index in [1.165, 1.54) is 4.31 Å². The number of nitrogens with one attached hydrogen (secondary N) is 1. The molecule has 0 radical (unpaired) electrons. The average molecular weight is 537 g/mol. The maximum atomic E-state index is 13.5. The largest absolute Gasteiger partial charge is 0.469 e. The second-order valence-electron chi connectivity index (χ2n) is 8.61. The molecule has 2 atom stereocenters. The van der Waals surface area contributed by atoms with Gasteiger partial charge in [-0.3, -0.25) is 4.52 Å². The molecule has 13 heteroatoms. The van der Waals surface area contributed by atoms with Crippen LogP contribution in [0.3, 0.4) is 0 Å². The summed E-state index contributed by atoms with van der Waals surface area (Å²) in [6, 6.07) is 17.1. The first-order valence-corrected chi connectivity index (χ1v) is 14.6. The van der Waals surface area contributed by atoms with Gasteiger partial charge in [0.25, 0.3) is 10.2 Å². The molecule has 36 heavy (non-hydrogen) atoms. The number of nitrogens with zero attached hydrogens (tertiary/aromatic N) is 3. The minimum Gasteiger partial charge on any atom is -0.423 e. The minimum absolute atomic E-state index is 0.181. The molecule has 194 valence electrons. The predicted octanol–water partition coefficient (Wildman–Crippen LogP) is 2.74. The Balaban J connectivity index is 1.51. The number of hydrogen-bond acceptors (Lipinski definition) is 7. The number of phosphoric ester groups is 1. The molecule has 2 heterocycles. The number of benzene rings is 2. The summed E-state index contributed by atoms with van der Waals surface area (Å²) in [4.78, 5) is 18.3. The van der Waals surface area contributed by atoms with E-state index in [4.69, 9.17) is 14.2 Å². The Morgan fingerprint density at radius 3 is 2.39 bits per heavy atom. The molecule has 1 saturated heterocycles. The number of piperidine rings is 1. The molecule has 0 aliphatic carbocycles. The van der Waals surface area contributed by atoms with Gasteiger partial charge in [0.1, 0.15) is 6.04 Å². The highest BCUT2D eigenvalue weighted by Crippen LogP contribution is 2.36. The molecule has 4 rings (SSSR count). The lowest BCUT2D eigenvalue weighted by atomic mass is 10.1. The van der Waals surface area contributed by atoms with Crippen LogP contribution in [0, 0.1) is 0 Å². The molecule has 1 fully saturated rings. The average Bonchev–Trinajstić information content (AvgIpc) is 3.31. The molecule has 0 unspecified atom stereocenters. The van der Waals surface area contributed by atoms with Crippen molar-refractivity contribution in [2.24, 2.45) is 0 Å². The monoisotopic (exact) mass is 536 g/mol. The lowest BCUT2D eigenvalue weighted by Crippen LogP contribution is -2.50. The fourth-order valence-corrected chi connectivity index (χ4v) is 6.16. The fourth-order valence-electron chi connectivity index (χ4n) is 4.18. The second-order valence-corrected chi connectivity index (χ2v) is 11.5. The van der Waals surface area contributed by atoms with E-state index in [0.29, 0.717) is 25.2 Å². The summed E-state index contributed by atoms with van der Waals surface area (Å²) in [6.07, 6.45) is 2.58. The van der Waals surface area contributed by atoms with Crippen molar-refractivity contribution in [3.8, 4) is 0 Å². The molecule has 1 aromatic heterocycles. The Morgan fingerprint density at radius 2 is 1.72 bits per heavy atom. The van der Waals surface area contributed by atoms with Gasteiger partial charge in [0.15, 0.2) is 0 Å². The standard InChI is InChI=1S/C23H29N4O7PS/c28-35(29,30)33-17-20(15-18-9-3-1-4-10-18)26-36(31,32)27-14-8-7-13-21(27)23-25-24-22(34-23)16-19-11-5-2-6-12-19/h1-6,9-12,20-21,26H,7-8,13-17H2,(H2,28,29,30)/t20-,21+/m1/s1. The Labute approximate surface area is 209 Å². The quantitative estimate of drug-likeness (QED) is 0.314. The summed E-state index contributed by atoms with van der Waals surface area (Å²) in [5.41, 5.74) is 1.79. The van der Waals surface area contributed by atoms with E-state index in [-0.39, 0.29) is 18.9 Å². The SMILES string of the molecule is O=P(O)(O)OC[C@@H](Cc1ccccc1)NS(=O)(=O)N1CCCC[C@H]1c1nnc(Cc2ccccc2)o1. The van der Waals surface area contributed by atoms with Crippen LogP contribution >= 0.6 is 7.82 Å². The van der Waals surface area contributed by atoms with Crippen LogP contribution in [0.5, 0.6) is 0 Å². The van der Waals surface area contributed by atoms with E-state index >= 15 is 0 Å². The van der Waals surface area contributed by atoms with Gasteiger partial charge in [-0.15, -0.1) is 10.2 Å². The first-order chi connectivity index (χ1) is 17.2. The van der Waals surface area contributed by atoms with E-state index in [1.807, 2.05) is 36.4 Å². The van der Waals surface area contributed by atoms with Gasteiger partial charge in [0, 0.05) is 6.54 Å². The third kappa shape index (κ3) is 7.53. The molecule has 0 amide bonds. The van der Waals surface area contributed by atoms with E-state index in [0.717, 1.165) is 17.5 Å². The summed E-state index contributed by atoms with van der Waals surface area (Å²) in [5, 5.41) is 8.25. The molecule has 1 aliphatic heterocycles. The zero-order chi connectivity index (χ0) is 25.6. The Bertz CT molecular complexity index is 1270. The van der Waals surface area contributed by atoms with E-state index in [1.54, 1.807) is 24.3 Å². The van der Waals surface area contributed by atoms with Crippen LogP contribution < -0.4 is 4.72 Å². The van der Waals surface area contributed by atoms with Crippen LogP contribution in [0.15, 0.2) is 65.1 Å². The van der Waals surface area contributed by atoms with Gasteiger partial charge in [-0.25, -0.2) is 4.57 Å². The Morgan fingerprint density at radius 1 is 1.06 bits per heavy atom. The third-order valence-corrected chi connectivity index (χ3v) is 7.98. The van der Waals surface area contributed by atoms with Crippen LogP contribution in [0.4, 0.5) is 0 Å². The maximum absolute atomic E-state index is 13.5. The zero-order valence-corrected chi connectivity index (χ0v) is 21.2. The van der Waals surface area contributed by atoms with Gasteiger partial charge in [-0.05, 0) is 30.4 Å². The third-order valence-electron chi connectivity index (χ3n) is 5.81. The van der Waals surface area contributed by atoms with Crippen molar-refractivity contribution in [3.63, 3.8) is 0 Å². The van der Waals surface area contributed by atoms with Gasteiger partial charge >= 0.3 is 7.82 Å². The molecule has 1 aliphatic rings. The molecule has 2 aromatic carbocycles. The second kappa shape index (κ2) is 11.7. The first-order valence-electron chi connectivity index (χ1n) is 11.6. The van der Waals surface area contributed by atoms with Crippen LogP contribution in [-0.4, -0.2) is 51.9 Å². The number of aromatic nitrogens is 2. The van der Waals surface area contributed by atoms with Crippen molar-refractivity contribution in [2.45, 2.75) is 44.2 Å². The summed E-state index contributed by atoms with van der Waals surface area (Å²) >= 11 is 0. The van der Waals surface area contributed by atoms with Crippen molar-refractivity contribution in [1.29, 1.82) is 0 Å². The van der Waals surface area contributed by atoms with Crippen LogP contribution in [-0.2, 0) is 32.1 Å². The van der Waals surface area contributed by atoms with Crippen LogP contribution in [0.25, 0.3) is 0 Å². The van der Waals surface area contributed by atoms with Crippen molar-refractivity contribution < 1.29 is 31.7 Å². The van der Waals surface area contributed by atoms with Crippen LogP contribution in [0.2, 0.25) is 0 Å². The lowest BCUT2D eigenvalue weighted by Gasteiger charge is -2.33. The normalized spacial score (nSPS) is 18.2. The highest BCUT2D eigenvalue weighted by atomic mass is 32.2. The highest BCUT2D eigenvalue weighted by Gasteiger charge is 2.38. The van der Waals surface area contributed by atoms with Crippen LogP contribution in [0.1, 0.15) is 48.2 Å². The predicted molar refractivity (Wildman–Crippen MR) is 131 cm³/mol. The van der Waals surface area contributed by atoms with Gasteiger partial charge in [-0.2, -0.15) is 17.4 Å². The van der Waals surface area contributed by atoms with E-state index in [9.17, 15) is 13.0 Å².